The third-order valence-electron chi connectivity index (χ3n) is 5.86. The van der Waals surface area contributed by atoms with Crippen molar-refractivity contribution in [1.82, 2.24) is 10.2 Å². The van der Waals surface area contributed by atoms with Gasteiger partial charge < -0.3 is 24.4 Å². The first-order valence-electron chi connectivity index (χ1n) is 12.3. The predicted molar refractivity (Wildman–Crippen MR) is 149 cm³/mol. The molecule has 1 unspecified atom stereocenters. The molecule has 3 rings (SSSR count). The van der Waals surface area contributed by atoms with Crippen LogP contribution in [0.4, 0.5) is 0 Å². The summed E-state index contributed by atoms with van der Waals surface area (Å²) in [6.07, 6.45) is 1.09. The molecule has 1 N–H and O–H groups in total. The van der Waals surface area contributed by atoms with Crippen LogP contribution in [-0.4, -0.2) is 50.1 Å². The molecule has 7 nitrogen and oxygen atoms in total. The summed E-state index contributed by atoms with van der Waals surface area (Å²) in [7, 11) is 3.06. The van der Waals surface area contributed by atoms with Gasteiger partial charge in [0.15, 0.2) is 6.61 Å². The van der Waals surface area contributed by atoms with E-state index in [0.29, 0.717) is 45.8 Å². The Hall–Kier alpha value is -3.42. The van der Waals surface area contributed by atoms with Gasteiger partial charge in [-0.2, -0.15) is 0 Å². The zero-order chi connectivity index (χ0) is 27.5. The van der Waals surface area contributed by atoms with Gasteiger partial charge in [-0.05, 0) is 29.7 Å². The van der Waals surface area contributed by atoms with E-state index in [1.54, 1.807) is 36.4 Å². The highest BCUT2D eigenvalue weighted by Crippen LogP contribution is 2.28. The number of carbonyl (C=O) groups is 2. The molecule has 0 spiro atoms. The summed E-state index contributed by atoms with van der Waals surface area (Å²) in [4.78, 5) is 28.6. The topological polar surface area (TPSA) is 77.1 Å². The van der Waals surface area contributed by atoms with E-state index in [2.05, 4.69) is 5.32 Å². The van der Waals surface area contributed by atoms with Crippen LogP contribution in [0.25, 0.3) is 0 Å². The molecule has 9 heteroatoms. The maximum absolute atomic E-state index is 13.7. The summed E-state index contributed by atoms with van der Waals surface area (Å²) in [5.74, 6) is 0.812. The van der Waals surface area contributed by atoms with Gasteiger partial charge in [-0.1, -0.05) is 66.5 Å². The van der Waals surface area contributed by atoms with Crippen LogP contribution >= 0.6 is 23.2 Å². The molecular formula is C29H32Cl2N2O5. The number of nitrogens with zero attached hydrogens (tertiary/aromatic N) is 1. The highest BCUT2D eigenvalue weighted by Gasteiger charge is 2.31. The zero-order valence-corrected chi connectivity index (χ0v) is 23.2. The van der Waals surface area contributed by atoms with Crippen LogP contribution in [0.2, 0.25) is 10.0 Å². The normalized spacial score (nSPS) is 11.4. The first-order chi connectivity index (χ1) is 18.3. The lowest BCUT2D eigenvalue weighted by Crippen LogP contribution is -2.51. The Kier molecular flexibility index (Phi) is 11.1. The molecule has 0 saturated heterocycles. The number of ether oxygens (including phenoxy) is 3. The second-order valence-corrected chi connectivity index (χ2v) is 9.43. The molecule has 3 aromatic rings. The highest BCUT2D eigenvalue weighted by atomic mass is 35.5. The fourth-order valence-electron chi connectivity index (χ4n) is 3.85. The second-order valence-electron chi connectivity index (χ2n) is 8.59. The number of hydrogen-bond acceptors (Lipinski definition) is 5. The quantitative estimate of drug-likeness (QED) is 0.297. The maximum Gasteiger partial charge on any atom is 0.261 e. The molecule has 0 aliphatic heterocycles. The van der Waals surface area contributed by atoms with Gasteiger partial charge in [-0.3, -0.25) is 9.59 Å². The van der Waals surface area contributed by atoms with Crippen LogP contribution in [-0.2, 0) is 22.6 Å². The van der Waals surface area contributed by atoms with Crippen LogP contribution in [0.15, 0.2) is 66.7 Å². The lowest BCUT2D eigenvalue weighted by molar-refractivity contribution is -0.142. The average molecular weight is 559 g/mol. The Morgan fingerprint density at radius 2 is 1.58 bits per heavy atom. The summed E-state index contributed by atoms with van der Waals surface area (Å²) in [5.41, 5.74) is 1.58. The van der Waals surface area contributed by atoms with Crippen molar-refractivity contribution < 1.29 is 23.8 Å². The Morgan fingerprint density at radius 3 is 2.18 bits per heavy atom. The number of methoxy groups -OCH3 is 2. The van der Waals surface area contributed by atoms with Gasteiger partial charge in [0.1, 0.15) is 23.3 Å². The van der Waals surface area contributed by atoms with Crippen LogP contribution in [0.3, 0.4) is 0 Å². The molecule has 0 radical (unpaired) electrons. The fraction of sp³-hybridized carbons (Fsp3) is 0.310. The lowest BCUT2D eigenvalue weighted by Gasteiger charge is -2.31. The maximum atomic E-state index is 13.7. The van der Waals surface area contributed by atoms with E-state index < -0.39 is 6.04 Å². The Labute approximate surface area is 233 Å². The van der Waals surface area contributed by atoms with Crippen molar-refractivity contribution in [2.24, 2.45) is 0 Å². The van der Waals surface area contributed by atoms with E-state index in [-0.39, 0.29) is 25.0 Å². The first kappa shape index (κ1) is 29.1. The number of rotatable bonds is 13. The van der Waals surface area contributed by atoms with Crippen LogP contribution in [0, 0.1) is 0 Å². The molecule has 38 heavy (non-hydrogen) atoms. The zero-order valence-electron chi connectivity index (χ0n) is 21.7. The van der Waals surface area contributed by atoms with Gasteiger partial charge in [-0.15, -0.1) is 0 Å². The van der Waals surface area contributed by atoms with Gasteiger partial charge >= 0.3 is 0 Å². The Morgan fingerprint density at radius 1 is 0.921 bits per heavy atom. The third kappa shape index (κ3) is 8.30. The molecule has 0 aliphatic rings. The molecule has 0 heterocycles. The molecule has 0 aromatic heterocycles. The van der Waals surface area contributed by atoms with Crippen molar-refractivity contribution in [3.63, 3.8) is 0 Å². The summed E-state index contributed by atoms with van der Waals surface area (Å²) in [6.45, 7) is 2.25. The number of nitrogens with one attached hydrogen (secondary N) is 1. The van der Waals surface area contributed by atoms with Gasteiger partial charge in [0.2, 0.25) is 5.91 Å². The minimum atomic E-state index is -0.799. The van der Waals surface area contributed by atoms with Crippen LogP contribution in [0.1, 0.15) is 24.5 Å². The highest BCUT2D eigenvalue weighted by molar-refractivity contribution is 6.35. The van der Waals surface area contributed by atoms with Gasteiger partial charge in [-0.25, -0.2) is 0 Å². The molecule has 2 amide bonds. The van der Waals surface area contributed by atoms with Gasteiger partial charge in [0, 0.05) is 47.8 Å². The number of carbonyl (C=O) groups excluding carboxylic acids is 2. The summed E-state index contributed by atoms with van der Waals surface area (Å²) in [6, 6.07) is 18.9. The summed E-state index contributed by atoms with van der Waals surface area (Å²) in [5, 5.41) is 3.82. The van der Waals surface area contributed by atoms with E-state index >= 15 is 0 Å². The molecule has 0 aliphatic carbocycles. The van der Waals surface area contributed by atoms with Crippen molar-refractivity contribution >= 4 is 35.0 Å². The standard InChI is InChI=1S/C29H32Cl2N2O5/c1-4-12-32-29(35)27(13-20-8-6-5-7-9-20)33(18-21-10-11-22(30)14-26(21)31)28(34)19-38-25-16-23(36-2)15-24(17-25)37-3/h5-11,14-17,27H,4,12-13,18-19H2,1-3H3,(H,32,35). The molecule has 1 atom stereocenters. The minimum Gasteiger partial charge on any atom is -0.496 e. The Balaban J connectivity index is 1.93. The van der Waals surface area contributed by atoms with Crippen LogP contribution < -0.4 is 19.5 Å². The van der Waals surface area contributed by atoms with E-state index in [1.165, 1.54) is 19.1 Å². The van der Waals surface area contributed by atoms with E-state index in [1.807, 2.05) is 37.3 Å². The fourth-order valence-corrected chi connectivity index (χ4v) is 4.31. The molecule has 3 aromatic carbocycles. The minimum absolute atomic E-state index is 0.0939. The molecule has 0 bridgehead atoms. The van der Waals surface area contributed by atoms with E-state index in [4.69, 9.17) is 37.4 Å². The molecular weight excluding hydrogens is 527 g/mol. The van der Waals surface area contributed by atoms with Gasteiger partial charge in [0.05, 0.1) is 14.2 Å². The van der Waals surface area contributed by atoms with Crippen molar-refractivity contribution in [1.29, 1.82) is 0 Å². The smallest absolute Gasteiger partial charge is 0.261 e. The lowest BCUT2D eigenvalue weighted by atomic mass is 10.0. The molecule has 0 fully saturated rings. The van der Waals surface area contributed by atoms with Crippen molar-refractivity contribution in [2.75, 3.05) is 27.4 Å². The monoisotopic (exact) mass is 558 g/mol. The Bertz CT molecular complexity index is 1200. The third-order valence-corrected chi connectivity index (χ3v) is 6.45. The number of amides is 2. The number of hydrogen-bond donors (Lipinski definition) is 1. The average Bonchev–Trinajstić information content (AvgIpc) is 2.93. The van der Waals surface area contributed by atoms with Crippen molar-refractivity contribution in [2.45, 2.75) is 32.4 Å². The van der Waals surface area contributed by atoms with E-state index in [0.717, 1.165) is 12.0 Å². The molecule has 202 valence electrons. The van der Waals surface area contributed by atoms with Crippen LogP contribution in [0.5, 0.6) is 17.2 Å². The number of halogens is 2. The summed E-state index contributed by atoms with van der Waals surface area (Å²) < 4.78 is 16.4. The van der Waals surface area contributed by atoms with Crippen molar-refractivity contribution in [3.8, 4) is 17.2 Å². The van der Waals surface area contributed by atoms with Gasteiger partial charge in [0.25, 0.3) is 5.91 Å². The molecule has 0 saturated carbocycles. The largest absolute Gasteiger partial charge is 0.496 e. The van der Waals surface area contributed by atoms with Crippen molar-refractivity contribution in [3.05, 3.63) is 87.9 Å². The SMILES string of the molecule is CCCNC(=O)C(Cc1ccccc1)N(Cc1ccc(Cl)cc1Cl)C(=O)COc1cc(OC)cc(OC)c1. The van der Waals surface area contributed by atoms with E-state index in [9.17, 15) is 9.59 Å². The number of benzene rings is 3. The second kappa shape index (κ2) is 14.5. The predicted octanol–water partition coefficient (Wildman–Crippen LogP) is 5.56. The first-order valence-corrected chi connectivity index (χ1v) is 13.0. The summed E-state index contributed by atoms with van der Waals surface area (Å²) >= 11 is 12.6.